The van der Waals surface area contributed by atoms with E-state index in [2.05, 4.69) is 5.32 Å². The first-order valence-electron chi connectivity index (χ1n) is 10.0. The Morgan fingerprint density at radius 2 is 1.59 bits per heavy atom. The number of rotatable bonds is 5. The van der Waals surface area contributed by atoms with Gasteiger partial charge in [-0.05, 0) is 63.1 Å². The predicted molar refractivity (Wildman–Crippen MR) is 116 cm³/mol. The van der Waals surface area contributed by atoms with Crippen LogP contribution >= 0.6 is 11.6 Å². The van der Waals surface area contributed by atoms with Gasteiger partial charge in [-0.1, -0.05) is 36.6 Å². The molecular formula is C23H27ClN2O3. The van der Waals surface area contributed by atoms with E-state index in [1.54, 1.807) is 50.2 Å². The van der Waals surface area contributed by atoms with Crippen molar-refractivity contribution >= 4 is 29.1 Å². The number of hydrogen-bond donors (Lipinski definition) is 1. The van der Waals surface area contributed by atoms with Gasteiger partial charge in [-0.2, -0.15) is 0 Å². The smallest absolute Gasteiger partial charge is 0.267 e. The van der Waals surface area contributed by atoms with Gasteiger partial charge in [0.05, 0.1) is 11.3 Å². The number of halogens is 1. The number of hydrogen-bond acceptors (Lipinski definition) is 3. The summed E-state index contributed by atoms with van der Waals surface area (Å²) in [4.78, 5) is 27.9. The molecule has 1 saturated heterocycles. The molecule has 0 atom stereocenters. The molecule has 0 aromatic heterocycles. The predicted octanol–water partition coefficient (Wildman–Crippen LogP) is 5.15. The highest BCUT2D eigenvalue weighted by Gasteiger charge is 2.31. The normalized spacial score (nSPS) is 14.8. The standard InChI is InChI=1S/C23H27ClN2O3/c1-23(2,29-18-13-11-17(24)12-14-18)22(28)25-20-10-6-5-9-19(20)21(27)26-15-7-3-4-8-16-26/h5-6,9-14H,3-4,7-8,15-16H2,1-2H3,(H,25,28). The number of nitrogens with zero attached hydrogens (tertiary/aromatic N) is 1. The Bertz CT molecular complexity index is 857. The van der Waals surface area contributed by atoms with Gasteiger partial charge in [0.15, 0.2) is 5.60 Å². The maximum atomic E-state index is 13.1. The molecule has 0 unspecified atom stereocenters. The summed E-state index contributed by atoms with van der Waals surface area (Å²) in [5, 5.41) is 3.48. The van der Waals surface area contributed by atoms with Crippen molar-refractivity contribution in [2.24, 2.45) is 0 Å². The zero-order valence-electron chi connectivity index (χ0n) is 16.9. The van der Waals surface area contributed by atoms with Gasteiger partial charge in [0.2, 0.25) is 0 Å². The van der Waals surface area contributed by atoms with Crippen LogP contribution in [0.5, 0.6) is 5.75 Å². The molecule has 1 aliphatic rings. The first-order valence-corrected chi connectivity index (χ1v) is 10.4. The molecule has 0 aliphatic carbocycles. The molecule has 6 heteroatoms. The number of benzene rings is 2. The lowest BCUT2D eigenvalue weighted by Gasteiger charge is -2.26. The third kappa shape index (κ3) is 5.51. The fourth-order valence-corrected chi connectivity index (χ4v) is 3.47. The van der Waals surface area contributed by atoms with Crippen LogP contribution in [-0.4, -0.2) is 35.4 Å². The fraction of sp³-hybridized carbons (Fsp3) is 0.391. The summed E-state index contributed by atoms with van der Waals surface area (Å²) in [7, 11) is 0. The molecule has 1 fully saturated rings. The summed E-state index contributed by atoms with van der Waals surface area (Å²) in [6.45, 7) is 4.89. The van der Waals surface area contributed by atoms with Crippen LogP contribution in [0.25, 0.3) is 0 Å². The number of anilines is 1. The van der Waals surface area contributed by atoms with Crippen molar-refractivity contribution in [3.05, 3.63) is 59.1 Å². The molecule has 1 heterocycles. The number of ether oxygens (including phenoxy) is 1. The monoisotopic (exact) mass is 414 g/mol. The van der Waals surface area contributed by atoms with Crippen LogP contribution in [0.4, 0.5) is 5.69 Å². The van der Waals surface area contributed by atoms with Crippen molar-refractivity contribution in [2.75, 3.05) is 18.4 Å². The molecule has 5 nitrogen and oxygen atoms in total. The largest absolute Gasteiger partial charge is 0.478 e. The maximum Gasteiger partial charge on any atom is 0.267 e. The molecule has 1 aliphatic heterocycles. The van der Waals surface area contributed by atoms with Crippen LogP contribution in [-0.2, 0) is 4.79 Å². The van der Waals surface area contributed by atoms with E-state index in [1.807, 2.05) is 17.0 Å². The van der Waals surface area contributed by atoms with Gasteiger partial charge in [0.25, 0.3) is 11.8 Å². The number of nitrogens with one attached hydrogen (secondary N) is 1. The minimum absolute atomic E-state index is 0.0424. The van der Waals surface area contributed by atoms with Crippen molar-refractivity contribution in [3.8, 4) is 5.75 Å². The van der Waals surface area contributed by atoms with Gasteiger partial charge >= 0.3 is 0 Å². The van der Waals surface area contributed by atoms with Gasteiger partial charge in [-0.25, -0.2) is 0 Å². The highest BCUT2D eigenvalue weighted by atomic mass is 35.5. The molecule has 0 spiro atoms. The summed E-state index contributed by atoms with van der Waals surface area (Å²) in [6, 6.07) is 14.0. The molecule has 0 radical (unpaired) electrons. The Morgan fingerprint density at radius 3 is 2.24 bits per heavy atom. The van der Waals surface area contributed by atoms with Gasteiger partial charge in [-0.15, -0.1) is 0 Å². The molecule has 0 saturated carbocycles. The van der Waals surface area contributed by atoms with Crippen LogP contribution in [0.3, 0.4) is 0 Å². The average molecular weight is 415 g/mol. The van der Waals surface area contributed by atoms with Gasteiger partial charge in [-0.3, -0.25) is 9.59 Å². The van der Waals surface area contributed by atoms with E-state index in [0.717, 1.165) is 38.8 Å². The van der Waals surface area contributed by atoms with Crippen LogP contribution in [0.2, 0.25) is 5.02 Å². The Labute approximate surface area is 177 Å². The molecule has 2 amide bonds. The maximum absolute atomic E-state index is 13.1. The van der Waals surface area contributed by atoms with Crippen molar-refractivity contribution in [1.29, 1.82) is 0 Å². The summed E-state index contributed by atoms with van der Waals surface area (Å²) in [5.74, 6) is 0.172. The third-order valence-electron chi connectivity index (χ3n) is 5.03. The zero-order chi connectivity index (χ0) is 20.9. The number of amides is 2. The number of likely N-dealkylation sites (tertiary alicyclic amines) is 1. The summed E-state index contributed by atoms with van der Waals surface area (Å²) in [5.41, 5.74) is -0.128. The van der Waals surface area contributed by atoms with E-state index >= 15 is 0 Å². The van der Waals surface area contributed by atoms with Crippen LogP contribution in [0, 0.1) is 0 Å². The van der Waals surface area contributed by atoms with E-state index in [1.165, 1.54) is 0 Å². The molecule has 1 N–H and O–H groups in total. The highest BCUT2D eigenvalue weighted by molar-refractivity contribution is 6.30. The lowest BCUT2D eigenvalue weighted by molar-refractivity contribution is -0.128. The first kappa shape index (κ1) is 21.2. The lowest BCUT2D eigenvalue weighted by atomic mass is 10.1. The van der Waals surface area contributed by atoms with Crippen molar-refractivity contribution in [2.45, 2.75) is 45.1 Å². The molecular weight excluding hydrogens is 388 g/mol. The van der Waals surface area contributed by atoms with E-state index in [9.17, 15) is 9.59 Å². The van der Waals surface area contributed by atoms with Crippen molar-refractivity contribution in [3.63, 3.8) is 0 Å². The summed E-state index contributed by atoms with van der Waals surface area (Å²) in [6.07, 6.45) is 4.33. The van der Waals surface area contributed by atoms with E-state index in [-0.39, 0.29) is 11.8 Å². The topological polar surface area (TPSA) is 58.6 Å². The number of carbonyl (C=O) groups excluding carboxylic acids is 2. The van der Waals surface area contributed by atoms with Crippen LogP contribution < -0.4 is 10.1 Å². The fourth-order valence-electron chi connectivity index (χ4n) is 3.34. The minimum atomic E-state index is -1.13. The Balaban J connectivity index is 1.74. The van der Waals surface area contributed by atoms with Gasteiger partial charge in [0.1, 0.15) is 5.75 Å². The average Bonchev–Trinajstić information content (AvgIpc) is 2.99. The molecule has 3 rings (SSSR count). The van der Waals surface area contributed by atoms with Crippen molar-refractivity contribution in [1.82, 2.24) is 4.90 Å². The van der Waals surface area contributed by atoms with E-state index in [0.29, 0.717) is 22.0 Å². The zero-order valence-corrected chi connectivity index (χ0v) is 17.7. The van der Waals surface area contributed by atoms with Crippen molar-refractivity contribution < 1.29 is 14.3 Å². The summed E-state index contributed by atoms with van der Waals surface area (Å²) < 4.78 is 5.86. The second-order valence-corrected chi connectivity index (χ2v) is 8.21. The van der Waals surface area contributed by atoms with Gasteiger partial charge in [0, 0.05) is 18.1 Å². The van der Waals surface area contributed by atoms with Crippen LogP contribution in [0.15, 0.2) is 48.5 Å². The molecule has 2 aromatic rings. The van der Waals surface area contributed by atoms with E-state index in [4.69, 9.17) is 16.3 Å². The SMILES string of the molecule is CC(C)(Oc1ccc(Cl)cc1)C(=O)Nc1ccccc1C(=O)N1CCCCCC1. The lowest BCUT2D eigenvalue weighted by Crippen LogP contribution is -2.43. The second-order valence-electron chi connectivity index (χ2n) is 7.77. The molecule has 29 heavy (non-hydrogen) atoms. The Hall–Kier alpha value is -2.53. The quantitative estimate of drug-likeness (QED) is 0.735. The summed E-state index contributed by atoms with van der Waals surface area (Å²) >= 11 is 5.90. The molecule has 0 bridgehead atoms. The first-order chi connectivity index (χ1) is 13.9. The highest BCUT2D eigenvalue weighted by Crippen LogP contribution is 2.24. The third-order valence-corrected chi connectivity index (χ3v) is 5.28. The minimum Gasteiger partial charge on any atom is -0.478 e. The second kappa shape index (κ2) is 9.31. The number of para-hydroxylation sites is 1. The molecule has 154 valence electrons. The van der Waals surface area contributed by atoms with Crippen LogP contribution in [0.1, 0.15) is 49.9 Å². The van der Waals surface area contributed by atoms with E-state index < -0.39 is 5.60 Å². The number of carbonyl (C=O) groups is 2. The Morgan fingerprint density at radius 1 is 0.966 bits per heavy atom. The van der Waals surface area contributed by atoms with Gasteiger partial charge < -0.3 is 15.0 Å². The Kier molecular flexibility index (Phi) is 6.80. The molecule has 2 aromatic carbocycles.